The number of imidazole rings is 1. The standard InChI is InChI=1S/C27H29FN6O5/c1-2-20(35)14-17-13-18(28)3-5-21(17)32-26-24-25(30-16-29-24)33-27(34-26)31-19-4-6-22-23(15-19)39-12-10-37-8-7-36-9-11-38-22/h3-6,13,15-16H,2,7-12,14H2,1H3,(H3,29,30,31,32,33,34). The molecule has 0 fully saturated rings. The van der Waals surface area contributed by atoms with Crippen LogP contribution in [0, 0.1) is 5.82 Å². The summed E-state index contributed by atoms with van der Waals surface area (Å²) < 4.78 is 36.7. The van der Waals surface area contributed by atoms with Crippen molar-refractivity contribution in [3.8, 4) is 11.5 Å². The number of aromatic nitrogens is 4. The molecule has 0 spiro atoms. The summed E-state index contributed by atoms with van der Waals surface area (Å²) in [5.41, 5.74) is 2.75. The van der Waals surface area contributed by atoms with E-state index in [1.165, 1.54) is 18.5 Å². The third kappa shape index (κ3) is 6.78. The van der Waals surface area contributed by atoms with Gasteiger partial charge in [0, 0.05) is 30.3 Å². The topological polar surface area (TPSA) is 133 Å². The highest BCUT2D eigenvalue weighted by Crippen LogP contribution is 2.33. The van der Waals surface area contributed by atoms with Crippen LogP contribution in [0.25, 0.3) is 11.2 Å². The van der Waals surface area contributed by atoms with Crippen LogP contribution in [-0.2, 0) is 20.7 Å². The van der Waals surface area contributed by atoms with Crippen LogP contribution in [0.5, 0.6) is 11.5 Å². The molecule has 0 saturated heterocycles. The van der Waals surface area contributed by atoms with Crippen LogP contribution >= 0.6 is 0 Å². The van der Waals surface area contributed by atoms with Gasteiger partial charge in [-0.25, -0.2) is 9.37 Å². The summed E-state index contributed by atoms with van der Waals surface area (Å²) in [6.45, 7) is 4.38. The number of rotatable bonds is 7. The number of ether oxygens (including phenoxy) is 4. The van der Waals surface area contributed by atoms with E-state index >= 15 is 0 Å². The third-order valence-corrected chi connectivity index (χ3v) is 5.93. The number of aromatic amines is 1. The second kappa shape index (κ2) is 12.5. The quantitative estimate of drug-likeness (QED) is 0.314. The summed E-state index contributed by atoms with van der Waals surface area (Å²) in [7, 11) is 0. The Morgan fingerprint density at radius 3 is 2.51 bits per heavy atom. The first-order valence-electron chi connectivity index (χ1n) is 12.7. The first kappa shape index (κ1) is 26.3. The highest BCUT2D eigenvalue weighted by atomic mass is 19.1. The van der Waals surface area contributed by atoms with Crippen molar-refractivity contribution in [2.75, 3.05) is 50.3 Å². The predicted molar refractivity (Wildman–Crippen MR) is 143 cm³/mol. The number of Topliss-reactive ketones (excluding diaryl/α,β-unsaturated/α-hetero) is 1. The molecule has 0 radical (unpaired) electrons. The van der Waals surface area contributed by atoms with E-state index in [4.69, 9.17) is 18.9 Å². The third-order valence-electron chi connectivity index (χ3n) is 5.93. The van der Waals surface area contributed by atoms with Gasteiger partial charge < -0.3 is 34.6 Å². The van der Waals surface area contributed by atoms with Crippen molar-refractivity contribution in [1.29, 1.82) is 0 Å². The van der Waals surface area contributed by atoms with Gasteiger partial charge in [-0.2, -0.15) is 9.97 Å². The maximum absolute atomic E-state index is 14.0. The van der Waals surface area contributed by atoms with Crippen LogP contribution in [0.15, 0.2) is 42.7 Å². The summed E-state index contributed by atoms with van der Waals surface area (Å²) >= 11 is 0. The first-order chi connectivity index (χ1) is 19.1. The summed E-state index contributed by atoms with van der Waals surface area (Å²) in [6.07, 6.45) is 1.98. The largest absolute Gasteiger partial charge is 0.487 e. The molecule has 204 valence electrons. The molecule has 0 aliphatic carbocycles. The lowest BCUT2D eigenvalue weighted by Crippen LogP contribution is -2.15. The highest BCUT2D eigenvalue weighted by molar-refractivity contribution is 5.88. The van der Waals surface area contributed by atoms with E-state index in [9.17, 15) is 9.18 Å². The van der Waals surface area contributed by atoms with Gasteiger partial charge in [0.05, 0.1) is 32.8 Å². The van der Waals surface area contributed by atoms with Gasteiger partial charge in [0.1, 0.15) is 30.3 Å². The average molecular weight is 537 g/mol. The molecule has 3 heterocycles. The summed E-state index contributed by atoms with van der Waals surface area (Å²) in [6, 6.07) is 9.68. The van der Waals surface area contributed by atoms with E-state index < -0.39 is 5.82 Å². The van der Waals surface area contributed by atoms with Gasteiger partial charge in [-0.3, -0.25) is 4.79 Å². The Morgan fingerprint density at radius 2 is 1.72 bits per heavy atom. The number of carbonyl (C=O) groups is 1. The number of anilines is 4. The molecule has 2 aromatic carbocycles. The fraction of sp³-hybridized carbons (Fsp3) is 0.333. The summed E-state index contributed by atoms with van der Waals surface area (Å²) in [5, 5.41) is 6.41. The minimum absolute atomic E-state index is 0.00193. The van der Waals surface area contributed by atoms with E-state index in [0.717, 1.165) is 0 Å². The number of nitrogens with one attached hydrogen (secondary N) is 3. The van der Waals surface area contributed by atoms with E-state index in [1.54, 1.807) is 25.1 Å². The molecule has 0 atom stereocenters. The number of hydrogen-bond acceptors (Lipinski definition) is 10. The van der Waals surface area contributed by atoms with Crippen LogP contribution in [0.2, 0.25) is 0 Å². The molecule has 2 aromatic heterocycles. The molecule has 4 aromatic rings. The van der Waals surface area contributed by atoms with Crippen LogP contribution < -0.4 is 20.1 Å². The lowest BCUT2D eigenvalue weighted by molar-refractivity contribution is -0.118. The zero-order valence-corrected chi connectivity index (χ0v) is 21.5. The molecule has 0 amide bonds. The van der Waals surface area contributed by atoms with Gasteiger partial charge >= 0.3 is 0 Å². The predicted octanol–water partition coefficient (Wildman–Crippen LogP) is 4.31. The average Bonchev–Trinajstić information content (AvgIpc) is 3.40. The number of carbonyl (C=O) groups excluding carboxylic acids is 1. The lowest BCUT2D eigenvalue weighted by atomic mass is 10.1. The van der Waals surface area contributed by atoms with Crippen molar-refractivity contribution in [2.24, 2.45) is 0 Å². The van der Waals surface area contributed by atoms with E-state index in [2.05, 4.69) is 30.6 Å². The molecule has 0 saturated carbocycles. The van der Waals surface area contributed by atoms with Crippen molar-refractivity contribution in [1.82, 2.24) is 19.9 Å². The Balaban J connectivity index is 1.41. The maximum Gasteiger partial charge on any atom is 0.231 e. The van der Waals surface area contributed by atoms with Gasteiger partial charge in [-0.1, -0.05) is 6.92 Å². The number of halogens is 1. The zero-order chi connectivity index (χ0) is 27.0. The fourth-order valence-electron chi connectivity index (χ4n) is 3.97. The molecule has 39 heavy (non-hydrogen) atoms. The molecule has 5 rings (SSSR count). The highest BCUT2D eigenvalue weighted by Gasteiger charge is 2.15. The Bertz CT molecular complexity index is 1450. The molecule has 11 nitrogen and oxygen atoms in total. The van der Waals surface area contributed by atoms with Gasteiger partial charge in [0.25, 0.3) is 0 Å². The van der Waals surface area contributed by atoms with Crippen molar-refractivity contribution >= 4 is 40.1 Å². The zero-order valence-electron chi connectivity index (χ0n) is 21.5. The van der Waals surface area contributed by atoms with Gasteiger partial charge in [0.2, 0.25) is 5.95 Å². The maximum atomic E-state index is 14.0. The second-order valence-electron chi connectivity index (χ2n) is 8.70. The molecule has 1 aliphatic heterocycles. The van der Waals surface area contributed by atoms with Crippen molar-refractivity contribution in [3.05, 3.63) is 54.1 Å². The SMILES string of the molecule is CCC(=O)Cc1cc(F)ccc1Nc1nc(Nc2ccc3c(c2)OCCOCCOCCO3)nc2nc[nH]c12. The molecule has 1 aliphatic rings. The minimum atomic E-state index is -0.419. The summed E-state index contributed by atoms with van der Waals surface area (Å²) in [4.78, 5) is 28.5. The van der Waals surface area contributed by atoms with Crippen LogP contribution in [-0.4, -0.2) is 65.4 Å². The number of fused-ring (bicyclic) bond motifs is 2. The molecule has 0 bridgehead atoms. The lowest BCUT2D eigenvalue weighted by Gasteiger charge is -2.16. The van der Waals surface area contributed by atoms with Crippen molar-refractivity contribution in [2.45, 2.75) is 19.8 Å². The van der Waals surface area contributed by atoms with Crippen LogP contribution in [0.4, 0.5) is 27.5 Å². The second-order valence-corrected chi connectivity index (χ2v) is 8.70. The van der Waals surface area contributed by atoms with Crippen molar-refractivity contribution < 1.29 is 28.1 Å². The molecule has 12 heteroatoms. The van der Waals surface area contributed by atoms with E-state index in [0.29, 0.717) is 91.5 Å². The number of benzene rings is 2. The Morgan fingerprint density at radius 1 is 0.949 bits per heavy atom. The van der Waals surface area contributed by atoms with Crippen LogP contribution in [0.3, 0.4) is 0 Å². The Hall–Kier alpha value is -4.29. The fourth-order valence-corrected chi connectivity index (χ4v) is 3.97. The minimum Gasteiger partial charge on any atom is -0.487 e. The number of hydrogen-bond donors (Lipinski definition) is 3. The number of ketones is 1. The van der Waals surface area contributed by atoms with Crippen molar-refractivity contribution in [3.63, 3.8) is 0 Å². The first-order valence-corrected chi connectivity index (χ1v) is 12.7. The van der Waals surface area contributed by atoms with Gasteiger partial charge in [-0.15, -0.1) is 0 Å². The molecule has 3 N–H and O–H groups in total. The molecular formula is C27H29FN6O5. The monoisotopic (exact) mass is 536 g/mol. The van der Waals surface area contributed by atoms with E-state index in [1.807, 2.05) is 6.07 Å². The van der Waals surface area contributed by atoms with Crippen LogP contribution in [0.1, 0.15) is 18.9 Å². The normalized spacial score (nSPS) is 14.3. The number of H-pyrrole nitrogens is 1. The molecular weight excluding hydrogens is 507 g/mol. The number of nitrogens with zero attached hydrogens (tertiary/aromatic N) is 3. The van der Waals surface area contributed by atoms with Gasteiger partial charge in [-0.05, 0) is 35.9 Å². The van der Waals surface area contributed by atoms with E-state index in [-0.39, 0.29) is 18.2 Å². The van der Waals surface area contributed by atoms with Gasteiger partial charge in [0.15, 0.2) is 23.0 Å². The Kier molecular flexibility index (Phi) is 8.44. The Labute approximate surface area is 224 Å². The smallest absolute Gasteiger partial charge is 0.231 e. The molecule has 0 unspecified atom stereocenters. The summed E-state index contributed by atoms with van der Waals surface area (Å²) in [5.74, 6) is 1.40.